The van der Waals surface area contributed by atoms with Crippen LogP contribution in [0.15, 0.2) is 22.5 Å². The van der Waals surface area contributed by atoms with Gasteiger partial charge < -0.3 is 15.0 Å². The number of hydrogen-bond acceptors (Lipinski definition) is 6. The molecule has 1 unspecified atom stereocenters. The van der Waals surface area contributed by atoms with E-state index in [1.807, 2.05) is 25.3 Å². The quantitative estimate of drug-likeness (QED) is 0.349. The Labute approximate surface area is 193 Å². The molecule has 1 aliphatic rings. The summed E-state index contributed by atoms with van der Waals surface area (Å²) in [5, 5.41) is 6.79. The van der Waals surface area contributed by atoms with Gasteiger partial charge in [-0.1, -0.05) is 0 Å². The van der Waals surface area contributed by atoms with Crippen molar-refractivity contribution in [2.45, 2.75) is 26.4 Å². The van der Waals surface area contributed by atoms with Gasteiger partial charge in [0, 0.05) is 48.9 Å². The molecular formula is C19H30IN5OS2. The summed E-state index contributed by atoms with van der Waals surface area (Å²) in [4.78, 5) is 16.4. The van der Waals surface area contributed by atoms with Gasteiger partial charge in [0.05, 0.1) is 36.5 Å². The fourth-order valence-corrected chi connectivity index (χ4v) is 4.92. The highest BCUT2D eigenvalue weighted by molar-refractivity contribution is 14.0. The summed E-state index contributed by atoms with van der Waals surface area (Å²) in [7, 11) is 3.90. The van der Waals surface area contributed by atoms with Crippen LogP contribution in [0.5, 0.6) is 0 Å². The predicted octanol–water partition coefficient (Wildman–Crippen LogP) is 3.52. The maximum atomic E-state index is 5.55. The monoisotopic (exact) mass is 535 g/mol. The lowest BCUT2D eigenvalue weighted by Crippen LogP contribution is -2.46. The molecule has 1 N–H and O–H groups in total. The Balaban J connectivity index is 0.00000280. The topological polar surface area (TPSA) is 53.0 Å². The van der Waals surface area contributed by atoms with Gasteiger partial charge in [-0.15, -0.1) is 46.7 Å². The number of morpholine rings is 1. The van der Waals surface area contributed by atoms with E-state index in [0.29, 0.717) is 6.04 Å². The summed E-state index contributed by atoms with van der Waals surface area (Å²) in [6.07, 6.45) is 0. The zero-order valence-electron chi connectivity index (χ0n) is 17.0. The van der Waals surface area contributed by atoms with Gasteiger partial charge >= 0.3 is 0 Å². The van der Waals surface area contributed by atoms with E-state index in [2.05, 4.69) is 56.6 Å². The lowest BCUT2D eigenvalue weighted by atomic mass is 10.2. The predicted molar refractivity (Wildman–Crippen MR) is 129 cm³/mol. The van der Waals surface area contributed by atoms with E-state index in [1.165, 1.54) is 9.75 Å². The first kappa shape index (κ1) is 23.5. The Morgan fingerprint density at radius 2 is 2.11 bits per heavy atom. The average molecular weight is 536 g/mol. The third-order valence-electron chi connectivity index (χ3n) is 4.67. The van der Waals surface area contributed by atoms with Gasteiger partial charge in [0.15, 0.2) is 5.96 Å². The molecule has 0 saturated carbocycles. The smallest absolute Gasteiger partial charge is 0.193 e. The highest BCUT2D eigenvalue weighted by Crippen LogP contribution is 2.28. The van der Waals surface area contributed by atoms with Crippen molar-refractivity contribution in [3.8, 4) is 0 Å². The molecule has 156 valence electrons. The molecule has 0 bridgehead atoms. The minimum atomic E-state index is 0. The second kappa shape index (κ2) is 11.4. The van der Waals surface area contributed by atoms with Crippen LogP contribution in [-0.2, 0) is 11.3 Å². The Morgan fingerprint density at radius 3 is 2.68 bits per heavy atom. The van der Waals surface area contributed by atoms with Crippen molar-refractivity contribution in [2.24, 2.45) is 4.99 Å². The summed E-state index contributed by atoms with van der Waals surface area (Å²) in [6, 6.07) is 4.80. The minimum absolute atomic E-state index is 0. The third-order valence-corrected chi connectivity index (χ3v) is 6.59. The molecule has 1 saturated heterocycles. The highest BCUT2D eigenvalue weighted by Gasteiger charge is 2.24. The fourth-order valence-electron chi connectivity index (χ4n) is 3.30. The normalized spacial score (nSPS) is 16.5. The Morgan fingerprint density at radius 1 is 1.36 bits per heavy atom. The molecule has 3 heterocycles. The lowest BCUT2D eigenvalue weighted by Gasteiger charge is -2.35. The van der Waals surface area contributed by atoms with E-state index < -0.39 is 0 Å². The van der Waals surface area contributed by atoms with Gasteiger partial charge in [-0.2, -0.15) is 0 Å². The van der Waals surface area contributed by atoms with Crippen molar-refractivity contribution in [3.63, 3.8) is 0 Å². The first-order valence-electron chi connectivity index (χ1n) is 9.27. The van der Waals surface area contributed by atoms with Crippen LogP contribution in [0.2, 0.25) is 0 Å². The van der Waals surface area contributed by atoms with Crippen molar-refractivity contribution >= 4 is 52.6 Å². The number of nitrogens with zero attached hydrogens (tertiary/aromatic N) is 4. The Hall–Kier alpha value is -0.750. The summed E-state index contributed by atoms with van der Waals surface area (Å²) in [5.41, 5.74) is 1.08. The number of aromatic nitrogens is 1. The number of rotatable bonds is 6. The Kier molecular flexibility index (Phi) is 9.61. The number of aryl methyl sites for hydroxylation is 2. The number of thiazole rings is 1. The molecule has 1 atom stereocenters. The van der Waals surface area contributed by atoms with E-state index in [-0.39, 0.29) is 24.0 Å². The van der Waals surface area contributed by atoms with Crippen molar-refractivity contribution in [3.05, 3.63) is 38.0 Å². The maximum absolute atomic E-state index is 5.55. The molecule has 0 aliphatic carbocycles. The first-order chi connectivity index (χ1) is 13.1. The molecule has 1 fully saturated rings. The third kappa shape index (κ3) is 6.38. The standard InChI is InChI=1S/C19H29N5OS2.HI/c1-14-5-6-18(27-14)17(24-7-9-25-10-8-24)11-21-19(20-3)23(4)12-16-13-26-15(2)22-16;/h5-6,13,17H,7-12H2,1-4H3,(H,20,21);1H. The van der Waals surface area contributed by atoms with Crippen LogP contribution in [0.25, 0.3) is 0 Å². The number of aliphatic imine (C=N–C) groups is 1. The number of hydrogen-bond donors (Lipinski definition) is 1. The van der Waals surface area contributed by atoms with Crippen LogP contribution in [0.4, 0.5) is 0 Å². The van der Waals surface area contributed by atoms with Crippen LogP contribution < -0.4 is 5.32 Å². The Bertz CT molecular complexity index is 757. The van der Waals surface area contributed by atoms with Gasteiger partial charge in [-0.05, 0) is 26.0 Å². The van der Waals surface area contributed by atoms with Gasteiger partial charge in [-0.25, -0.2) is 4.98 Å². The van der Waals surface area contributed by atoms with Crippen LogP contribution in [0.1, 0.15) is 26.5 Å². The van der Waals surface area contributed by atoms with E-state index >= 15 is 0 Å². The summed E-state index contributed by atoms with van der Waals surface area (Å²) in [6.45, 7) is 9.33. The van der Waals surface area contributed by atoms with Gasteiger partial charge in [-0.3, -0.25) is 9.89 Å². The van der Waals surface area contributed by atoms with Gasteiger partial charge in [0.2, 0.25) is 0 Å². The molecule has 0 radical (unpaired) electrons. The second-order valence-corrected chi connectivity index (χ2v) is 9.14. The first-order valence-corrected chi connectivity index (χ1v) is 11.0. The fraction of sp³-hybridized carbons (Fsp3) is 0.579. The van der Waals surface area contributed by atoms with Crippen molar-refractivity contribution in [1.82, 2.24) is 20.1 Å². The largest absolute Gasteiger partial charge is 0.379 e. The molecule has 0 aromatic carbocycles. The zero-order chi connectivity index (χ0) is 19.2. The summed E-state index contributed by atoms with van der Waals surface area (Å²) in [5.74, 6) is 0.896. The van der Waals surface area contributed by atoms with Crippen LogP contribution in [0, 0.1) is 13.8 Å². The molecule has 0 amide bonds. The van der Waals surface area contributed by atoms with E-state index in [4.69, 9.17) is 4.74 Å². The van der Waals surface area contributed by atoms with Crippen LogP contribution in [-0.4, -0.2) is 67.7 Å². The number of guanidine groups is 1. The van der Waals surface area contributed by atoms with E-state index in [0.717, 1.165) is 56.1 Å². The number of thiophene rings is 1. The molecule has 0 spiro atoms. The molecular weight excluding hydrogens is 505 g/mol. The van der Waals surface area contributed by atoms with Crippen molar-refractivity contribution in [1.29, 1.82) is 0 Å². The van der Waals surface area contributed by atoms with Gasteiger partial charge in [0.25, 0.3) is 0 Å². The molecule has 3 rings (SSSR count). The van der Waals surface area contributed by atoms with Gasteiger partial charge in [0.1, 0.15) is 0 Å². The second-order valence-electron chi connectivity index (χ2n) is 6.75. The molecule has 6 nitrogen and oxygen atoms in total. The van der Waals surface area contributed by atoms with Crippen LogP contribution >= 0.6 is 46.7 Å². The number of halogens is 1. The number of nitrogens with one attached hydrogen (secondary N) is 1. The SMILES string of the molecule is CN=C(NCC(c1ccc(C)s1)N1CCOCC1)N(C)Cc1csc(C)n1.I. The van der Waals surface area contributed by atoms with Crippen LogP contribution in [0.3, 0.4) is 0 Å². The molecule has 2 aromatic heterocycles. The summed E-state index contributed by atoms with van der Waals surface area (Å²) < 4.78 is 5.55. The minimum Gasteiger partial charge on any atom is -0.379 e. The zero-order valence-corrected chi connectivity index (χ0v) is 20.9. The summed E-state index contributed by atoms with van der Waals surface area (Å²) >= 11 is 3.57. The molecule has 1 aliphatic heterocycles. The van der Waals surface area contributed by atoms with E-state index in [1.54, 1.807) is 11.3 Å². The highest BCUT2D eigenvalue weighted by atomic mass is 127. The molecule has 9 heteroatoms. The molecule has 2 aromatic rings. The maximum Gasteiger partial charge on any atom is 0.193 e. The average Bonchev–Trinajstić information content (AvgIpc) is 3.27. The van der Waals surface area contributed by atoms with Crippen molar-refractivity contribution < 1.29 is 4.74 Å². The number of ether oxygens (including phenoxy) is 1. The van der Waals surface area contributed by atoms with E-state index in [9.17, 15) is 0 Å². The van der Waals surface area contributed by atoms with Crippen molar-refractivity contribution in [2.75, 3.05) is 46.9 Å². The molecule has 28 heavy (non-hydrogen) atoms. The lowest BCUT2D eigenvalue weighted by molar-refractivity contribution is 0.0176.